The molecule has 2 N–H and O–H groups in total. The number of nitrogens with one attached hydrogen (secondary N) is 2. The van der Waals surface area contributed by atoms with Gasteiger partial charge in [0.2, 0.25) is 5.91 Å². The number of amides is 1. The summed E-state index contributed by atoms with van der Waals surface area (Å²) < 4.78 is 28.1. The molecule has 0 unspecified atom stereocenters. The zero-order valence-electron chi connectivity index (χ0n) is 19.0. The maximum absolute atomic E-state index is 12.9. The zero-order valence-corrected chi connectivity index (χ0v) is 19.8. The van der Waals surface area contributed by atoms with E-state index in [0.717, 1.165) is 30.4 Å². The summed E-state index contributed by atoms with van der Waals surface area (Å²) in [6, 6.07) is 26.1. The minimum Gasteiger partial charge on any atom is -0.326 e. The Morgan fingerprint density at radius 2 is 1.44 bits per heavy atom. The van der Waals surface area contributed by atoms with Gasteiger partial charge >= 0.3 is 0 Å². The maximum atomic E-state index is 12.9. The molecule has 1 aliphatic heterocycles. The molecule has 1 aliphatic rings. The number of hydrogen-bond donors (Lipinski definition) is 2. The third-order valence-electron chi connectivity index (χ3n) is 5.87. The molecule has 1 amide bonds. The van der Waals surface area contributed by atoms with Gasteiger partial charge in [-0.15, -0.1) is 0 Å². The number of sulfonamides is 1. The molecule has 6 nitrogen and oxygen atoms in total. The number of carbonyl (C=O) groups is 1. The second kappa shape index (κ2) is 11.1. The van der Waals surface area contributed by atoms with E-state index in [4.69, 9.17) is 0 Å². The minimum absolute atomic E-state index is 0.0772. The minimum atomic E-state index is -3.71. The summed E-state index contributed by atoms with van der Waals surface area (Å²) >= 11 is 0. The van der Waals surface area contributed by atoms with Crippen LogP contribution in [0.1, 0.15) is 49.1 Å². The van der Waals surface area contributed by atoms with Crippen molar-refractivity contribution in [2.24, 2.45) is 4.99 Å². The highest BCUT2D eigenvalue weighted by Crippen LogP contribution is 2.28. The first-order valence-electron chi connectivity index (χ1n) is 11.6. The topological polar surface area (TPSA) is 87.6 Å². The second-order valence-corrected chi connectivity index (χ2v) is 10.1. The van der Waals surface area contributed by atoms with Gasteiger partial charge in [-0.2, -0.15) is 0 Å². The van der Waals surface area contributed by atoms with Crippen molar-refractivity contribution in [1.82, 2.24) is 4.72 Å². The Kier molecular flexibility index (Phi) is 7.75. The van der Waals surface area contributed by atoms with Crippen molar-refractivity contribution in [3.8, 4) is 0 Å². The third kappa shape index (κ3) is 6.32. The molecule has 3 aromatic rings. The predicted octanol–water partition coefficient (Wildman–Crippen LogP) is 5.10. The Morgan fingerprint density at radius 3 is 2.06 bits per heavy atom. The van der Waals surface area contributed by atoms with Crippen LogP contribution in [0.15, 0.2) is 94.8 Å². The molecule has 176 valence electrons. The van der Waals surface area contributed by atoms with E-state index in [9.17, 15) is 13.2 Å². The highest BCUT2D eigenvalue weighted by molar-refractivity contribution is 7.90. The fourth-order valence-electron chi connectivity index (χ4n) is 4.09. The fourth-order valence-corrected chi connectivity index (χ4v) is 5.17. The third-order valence-corrected chi connectivity index (χ3v) is 7.27. The number of nitrogens with zero attached hydrogens (tertiary/aromatic N) is 1. The van der Waals surface area contributed by atoms with E-state index >= 15 is 0 Å². The first kappa shape index (κ1) is 23.7. The van der Waals surface area contributed by atoms with Gasteiger partial charge in [-0.25, -0.2) is 8.42 Å². The van der Waals surface area contributed by atoms with Crippen molar-refractivity contribution in [3.05, 3.63) is 96.1 Å². The van der Waals surface area contributed by atoms with Crippen LogP contribution in [0, 0.1) is 0 Å². The largest absolute Gasteiger partial charge is 0.326 e. The molecule has 4 rings (SSSR count). The Bertz CT molecular complexity index is 1190. The van der Waals surface area contributed by atoms with Crippen molar-refractivity contribution < 1.29 is 13.2 Å². The molecule has 0 spiro atoms. The molecular weight excluding hydrogens is 446 g/mol. The van der Waals surface area contributed by atoms with Gasteiger partial charge in [0.15, 0.2) is 0 Å². The number of anilines is 1. The number of rotatable bonds is 7. The van der Waals surface area contributed by atoms with Gasteiger partial charge in [0.1, 0.15) is 5.84 Å². The molecule has 0 saturated heterocycles. The zero-order chi connectivity index (χ0) is 23.8. The van der Waals surface area contributed by atoms with Crippen LogP contribution in [0.4, 0.5) is 5.69 Å². The summed E-state index contributed by atoms with van der Waals surface area (Å²) in [4.78, 5) is 17.4. The molecule has 0 radical (unpaired) electrons. The van der Waals surface area contributed by atoms with Crippen molar-refractivity contribution >= 4 is 27.5 Å². The summed E-state index contributed by atoms with van der Waals surface area (Å²) in [6.45, 7) is 0.649. The lowest BCUT2D eigenvalue weighted by molar-refractivity contribution is -0.116. The monoisotopic (exact) mass is 475 g/mol. The number of aliphatic imine (C=N–C) groups is 1. The molecule has 0 bridgehead atoms. The van der Waals surface area contributed by atoms with E-state index in [-0.39, 0.29) is 23.1 Å². The molecule has 1 heterocycles. The van der Waals surface area contributed by atoms with Gasteiger partial charge in [-0.1, -0.05) is 67.1 Å². The van der Waals surface area contributed by atoms with Crippen molar-refractivity contribution in [2.75, 3.05) is 11.9 Å². The van der Waals surface area contributed by atoms with E-state index in [0.29, 0.717) is 24.5 Å². The van der Waals surface area contributed by atoms with Gasteiger partial charge in [-0.05, 0) is 48.2 Å². The molecule has 0 saturated carbocycles. The van der Waals surface area contributed by atoms with Crippen LogP contribution in [0.3, 0.4) is 0 Å². The number of amidine groups is 1. The first-order chi connectivity index (χ1) is 16.5. The molecule has 7 heteroatoms. The van der Waals surface area contributed by atoms with Crippen LogP contribution in [0.2, 0.25) is 0 Å². The summed E-state index contributed by atoms with van der Waals surface area (Å²) in [5.74, 6) is 0.300. The lowest BCUT2D eigenvalue weighted by Gasteiger charge is -2.18. The highest BCUT2D eigenvalue weighted by atomic mass is 32.2. The van der Waals surface area contributed by atoms with Crippen LogP contribution in [-0.2, 0) is 14.8 Å². The van der Waals surface area contributed by atoms with E-state index in [1.54, 1.807) is 12.1 Å². The summed E-state index contributed by atoms with van der Waals surface area (Å²) in [6.07, 6.45) is 3.87. The number of benzene rings is 3. The number of carbonyl (C=O) groups excluding carboxylic acids is 1. The predicted molar refractivity (Wildman–Crippen MR) is 136 cm³/mol. The standard InChI is InChI=1S/C27H29N3O3S/c31-27(20-25(21-10-4-1-5-11-21)22-12-6-2-7-13-22)29-23-15-17-24(18-16-23)34(32,33)30-26-14-8-3-9-19-28-26/h1-2,4-7,10-13,15-18,25H,3,8-9,14,19-20H2,(H,28,30)(H,29,31). The highest BCUT2D eigenvalue weighted by Gasteiger charge is 2.20. The Labute approximate surface area is 201 Å². The molecule has 0 fully saturated rings. The molecular formula is C27H29N3O3S. The van der Waals surface area contributed by atoms with Crippen LogP contribution in [-0.4, -0.2) is 26.7 Å². The van der Waals surface area contributed by atoms with Crippen LogP contribution >= 0.6 is 0 Å². The average Bonchev–Trinajstić information content (AvgIpc) is 3.12. The van der Waals surface area contributed by atoms with Gasteiger partial charge in [0, 0.05) is 31.0 Å². The Morgan fingerprint density at radius 1 is 0.824 bits per heavy atom. The fraction of sp³-hybridized carbons (Fsp3) is 0.259. The molecule has 3 aromatic carbocycles. The van der Waals surface area contributed by atoms with Crippen LogP contribution < -0.4 is 10.0 Å². The van der Waals surface area contributed by atoms with Crippen molar-refractivity contribution in [3.63, 3.8) is 0 Å². The van der Waals surface area contributed by atoms with Crippen molar-refractivity contribution in [2.45, 2.75) is 42.9 Å². The lowest BCUT2D eigenvalue weighted by Crippen LogP contribution is -2.30. The van der Waals surface area contributed by atoms with E-state index in [1.807, 2.05) is 60.7 Å². The van der Waals surface area contributed by atoms with Crippen molar-refractivity contribution in [1.29, 1.82) is 0 Å². The quantitative estimate of drug-likeness (QED) is 0.498. The average molecular weight is 476 g/mol. The van der Waals surface area contributed by atoms with Gasteiger partial charge in [-0.3, -0.25) is 14.5 Å². The van der Waals surface area contributed by atoms with Gasteiger partial charge in [0.05, 0.1) is 4.90 Å². The summed E-state index contributed by atoms with van der Waals surface area (Å²) in [7, 11) is -3.71. The summed E-state index contributed by atoms with van der Waals surface area (Å²) in [5.41, 5.74) is 2.69. The number of hydrogen-bond acceptors (Lipinski definition) is 4. The van der Waals surface area contributed by atoms with E-state index in [2.05, 4.69) is 15.0 Å². The molecule has 34 heavy (non-hydrogen) atoms. The second-order valence-electron chi connectivity index (χ2n) is 8.40. The van der Waals surface area contributed by atoms with Crippen LogP contribution in [0.5, 0.6) is 0 Å². The lowest BCUT2D eigenvalue weighted by atomic mass is 9.88. The normalized spacial score (nSPS) is 14.2. The van der Waals surface area contributed by atoms with E-state index < -0.39 is 10.0 Å². The SMILES string of the molecule is O=C(CC(c1ccccc1)c1ccccc1)Nc1ccc(S(=O)(=O)NC2=NCCCCC2)cc1. The Hall–Kier alpha value is -3.45. The molecule has 0 aromatic heterocycles. The van der Waals surface area contributed by atoms with E-state index in [1.165, 1.54) is 12.1 Å². The van der Waals surface area contributed by atoms with Gasteiger partial charge < -0.3 is 5.32 Å². The molecule has 0 aliphatic carbocycles. The van der Waals surface area contributed by atoms with Gasteiger partial charge in [0.25, 0.3) is 10.0 Å². The first-order valence-corrected chi connectivity index (χ1v) is 13.1. The molecule has 0 atom stereocenters. The smallest absolute Gasteiger partial charge is 0.262 e. The Balaban J connectivity index is 1.43. The summed E-state index contributed by atoms with van der Waals surface area (Å²) in [5, 5.41) is 2.90. The maximum Gasteiger partial charge on any atom is 0.262 e. The van der Waals surface area contributed by atoms with Crippen LogP contribution in [0.25, 0.3) is 0 Å².